The van der Waals surface area contributed by atoms with Gasteiger partial charge < -0.3 is 19.7 Å². The molecule has 0 aliphatic carbocycles. The Bertz CT molecular complexity index is 642. The molecule has 0 unspecified atom stereocenters. The summed E-state index contributed by atoms with van der Waals surface area (Å²) in [5.74, 6) is 1.17. The first-order valence-electron chi connectivity index (χ1n) is 8.62. The van der Waals surface area contributed by atoms with Crippen LogP contribution in [0.3, 0.4) is 0 Å². The van der Waals surface area contributed by atoms with Crippen molar-refractivity contribution >= 4 is 11.8 Å². The number of benzene rings is 1. The lowest BCUT2D eigenvalue weighted by atomic mass is 10.1. The first-order valence-corrected chi connectivity index (χ1v) is 8.62. The molecule has 142 valence electrons. The van der Waals surface area contributed by atoms with Crippen molar-refractivity contribution < 1.29 is 19.1 Å². The predicted molar refractivity (Wildman–Crippen MR) is 99.8 cm³/mol. The van der Waals surface area contributed by atoms with Gasteiger partial charge >= 0.3 is 0 Å². The number of hydrogen-bond donors (Lipinski definition) is 1. The first kappa shape index (κ1) is 19.8. The third-order valence-electron chi connectivity index (χ3n) is 4.47. The van der Waals surface area contributed by atoms with Gasteiger partial charge in [-0.2, -0.15) is 0 Å². The number of methoxy groups -OCH3 is 2. The Morgan fingerprint density at radius 1 is 1.15 bits per heavy atom. The van der Waals surface area contributed by atoms with Crippen molar-refractivity contribution in [3.63, 3.8) is 0 Å². The maximum Gasteiger partial charge on any atom is 0.254 e. The molecule has 0 saturated carbocycles. The van der Waals surface area contributed by atoms with E-state index in [0.29, 0.717) is 56.3 Å². The molecule has 26 heavy (non-hydrogen) atoms. The molecule has 0 spiro atoms. The lowest BCUT2D eigenvalue weighted by Gasteiger charge is -2.34. The summed E-state index contributed by atoms with van der Waals surface area (Å²) in [6.45, 7) is 8.74. The van der Waals surface area contributed by atoms with Crippen LogP contribution in [0.15, 0.2) is 24.8 Å². The van der Waals surface area contributed by atoms with E-state index >= 15 is 0 Å². The summed E-state index contributed by atoms with van der Waals surface area (Å²) < 4.78 is 10.7. The number of amides is 2. The van der Waals surface area contributed by atoms with Crippen LogP contribution >= 0.6 is 0 Å². The highest BCUT2D eigenvalue weighted by atomic mass is 16.5. The molecule has 1 heterocycles. The summed E-state index contributed by atoms with van der Waals surface area (Å²) in [6.07, 6.45) is 1.65. The highest BCUT2D eigenvalue weighted by Crippen LogP contribution is 2.30. The van der Waals surface area contributed by atoms with Crippen LogP contribution in [0.1, 0.15) is 15.9 Å². The minimum Gasteiger partial charge on any atom is -0.496 e. The molecule has 1 aromatic carbocycles. The maximum atomic E-state index is 12.8. The number of piperazine rings is 1. The van der Waals surface area contributed by atoms with E-state index in [9.17, 15) is 9.59 Å². The lowest BCUT2D eigenvalue weighted by Crippen LogP contribution is -2.51. The van der Waals surface area contributed by atoms with Crippen molar-refractivity contribution in [2.75, 3.05) is 53.5 Å². The minimum atomic E-state index is -0.0580. The van der Waals surface area contributed by atoms with Crippen LogP contribution in [0.25, 0.3) is 0 Å². The number of nitrogens with zero attached hydrogens (tertiary/aromatic N) is 2. The van der Waals surface area contributed by atoms with Gasteiger partial charge in [-0.05, 0) is 19.1 Å². The Hall–Kier alpha value is -2.54. The molecule has 1 aliphatic rings. The fraction of sp³-hybridized carbons (Fsp3) is 0.474. The normalized spacial score (nSPS) is 14.7. The summed E-state index contributed by atoms with van der Waals surface area (Å²) in [7, 11) is 3.15. The fourth-order valence-electron chi connectivity index (χ4n) is 2.95. The highest BCUT2D eigenvalue weighted by molar-refractivity contribution is 5.95. The van der Waals surface area contributed by atoms with E-state index in [2.05, 4.69) is 11.9 Å². The van der Waals surface area contributed by atoms with Gasteiger partial charge in [-0.15, -0.1) is 6.58 Å². The molecule has 2 amide bonds. The first-order chi connectivity index (χ1) is 12.5. The molecule has 1 N–H and O–H groups in total. The third-order valence-corrected chi connectivity index (χ3v) is 4.47. The minimum absolute atomic E-state index is 0.0299. The molecular weight excluding hydrogens is 334 g/mol. The van der Waals surface area contributed by atoms with E-state index in [1.807, 2.05) is 11.8 Å². The average molecular weight is 361 g/mol. The largest absolute Gasteiger partial charge is 0.496 e. The van der Waals surface area contributed by atoms with Crippen molar-refractivity contribution in [2.24, 2.45) is 0 Å². The van der Waals surface area contributed by atoms with Gasteiger partial charge in [0.1, 0.15) is 11.5 Å². The number of carbonyl (C=O) groups excluding carboxylic acids is 2. The molecule has 7 nitrogen and oxygen atoms in total. The van der Waals surface area contributed by atoms with Crippen LogP contribution in [-0.2, 0) is 4.79 Å². The summed E-state index contributed by atoms with van der Waals surface area (Å²) in [5, 5.41) is 2.76. The Morgan fingerprint density at radius 2 is 1.73 bits per heavy atom. The van der Waals surface area contributed by atoms with E-state index in [1.54, 1.807) is 37.3 Å². The average Bonchev–Trinajstić information content (AvgIpc) is 2.66. The molecule has 2 rings (SSSR count). The molecule has 1 fully saturated rings. The second kappa shape index (κ2) is 9.24. The molecular formula is C19H27N3O4. The zero-order chi connectivity index (χ0) is 19.1. The van der Waals surface area contributed by atoms with Crippen LogP contribution < -0.4 is 14.8 Å². The van der Waals surface area contributed by atoms with Gasteiger partial charge in [0.25, 0.3) is 5.91 Å². The summed E-state index contributed by atoms with van der Waals surface area (Å²) in [5.41, 5.74) is 1.41. The highest BCUT2D eigenvalue weighted by Gasteiger charge is 2.24. The van der Waals surface area contributed by atoms with Crippen LogP contribution in [0.4, 0.5) is 0 Å². The molecule has 1 saturated heterocycles. The van der Waals surface area contributed by atoms with E-state index in [4.69, 9.17) is 9.47 Å². The number of nitrogens with one attached hydrogen (secondary N) is 1. The van der Waals surface area contributed by atoms with E-state index < -0.39 is 0 Å². The van der Waals surface area contributed by atoms with Crippen molar-refractivity contribution in [1.82, 2.24) is 15.1 Å². The van der Waals surface area contributed by atoms with Gasteiger partial charge in [-0.25, -0.2) is 0 Å². The molecule has 1 aliphatic heterocycles. The number of carbonyl (C=O) groups is 2. The van der Waals surface area contributed by atoms with Gasteiger partial charge in [0.2, 0.25) is 5.91 Å². The second-order valence-electron chi connectivity index (χ2n) is 6.17. The number of hydrogen-bond acceptors (Lipinski definition) is 5. The summed E-state index contributed by atoms with van der Waals surface area (Å²) in [6, 6.07) is 3.49. The molecule has 0 bridgehead atoms. The van der Waals surface area contributed by atoms with Crippen molar-refractivity contribution in [1.29, 1.82) is 0 Å². The second-order valence-corrected chi connectivity index (χ2v) is 6.17. The van der Waals surface area contributed by atoms with Crippen LogP contribution in [0.2, 0.25) is 0 Å². The van der Waals surface area contributed by atoms with Gasteiger partial charge in [-0.3, -0.25) is 14.5 Å². The SMILES string of the molecule is C=CCNC(=O)CN1CCN(C(=O)c2cc(OC)c(C)c(OC)c2)CC1. The number of ether oxygens (including phenoxy) is 2. The van der Waals surface area contributed by atoms with Crippen molar-refractivity contribution in [3.05, 3.63) is 35.9 Å². The van der Waals surface area contributed by atoms with Crippen molar-refractivity contribution in [3.8, 4) is 11.5 Å². The molecule has 0 atom stereocenters. The topological polar surface area (TPSA) is 71.1 Å². The van der Waals surface area contributed by atoms with Gasteiger partial charge in [-0.1, -0.05) is 6.08 Å². The maximum absolute atomic E-state index is 12.8. The zero-order valence-corrected chi connectivity index (χ0v) is 15.7. The smallest absolute Gasteiger partial charge is 0.254 e. The zero-order valence-electron chi connectivity index (χ0n) is 15.7. The lowest BCUT2D eigenvalue weighted by molar-refractivity contribution is -0.122. The van der Waals surface area contributed by atoms with E-state index in [1.165, 1.54) is 0 Å². The van der Waals surface area contributed by atoms with Crippen LogP contribution in [-0.4, -0.2) is 75.1 Å². The number of rotatable bonds is 7. The molecule has 7 heteroatoms. The Kier molecular flexibility index (Phi) is 7.03. The summed E-state index contributed by atoms with van der Waals surface area (Å²) in [4.78, 5) is 28.4. The molecule has 0 aromatic heterocycles. The Morgan fingerprint density at radius 3 is 2.23 bits per heavy atom. The summed E-state index contributed by atoms with van der Waals surface area (Å²) >= 11 is 0. The third kappa shape index (κ3) is 4.76. The van der Waals surface area contributed by atoms with E-state index in [0.717, 1.165) is 5.56 Å². The predicted octanol–water partition coefficient (Wildman–Crippen LogP) is 1.07. The fourth-order valence-corrected chi connectivity index (χ4v) is 2.95. The Balaban J connectivity index is 1.98. The standard InChI is InChI=1S/C19H27N3O4/c1-5-6-20-18(23)13-21-7-9-22(10-8-21)19(24)15-11-16(25-3)14(2)17(12-15)26-4/h5,11-12H,1,6-10,13H2,2-4H3,(H,20,23). The molecule has 0 radical (unpaired) electrons. The monoisotopic (exact) mass is 361 g/mol. The quantitative estimate of drug-likeness (QED) is 0.736. The Labute approximate surface area is 154 Å². The van der Waals surface area contributed by atoms with Crippen LogP contribution in [0, 0.1) is 6.92 Å². The van der Waals surface area contributed by atoms with Gasteiger partial charge in [0.15, 0.2) is 0 Å². The van der Waals surface area contributed by atoms with Crippen LogP contribution in [0.5, 0.6) is 11.5 Å². The van der Waals surface area contributed by atoms with Crippen molar-refractivity contribution in [2.45, 2.75) is 6.92 Å². The molecule has 1 aromatic rings. The van der Waals surface area contributed by atoms with Gasteiger partial charge in [0.05, 0.1) is 20.8 Å². The van der Waals surface area contributed by atoms with E-state index in [-0.39, 0.29) is 11.8 Å². The van der Waals surface area contributed by atoms with Gasteiger partial charge in [0, 0.05) is 43.9 Å².